The van der Waals surface area contributed by atoms with Crippen molar-refractivity contribution in [1.82, 2.24) is 10.6 Å². The van der Waals surface area contributed by atoms with Crippen molar-refractivity contribution in [1.29, 1.82) is 0 Å². The molecule has 2 aliphatic rings. The maximum Gasteiger partial charge on any atom is 0.315 e. The van der Waals surface area contributed by atoms with E-state index in [4.69, 9.17) is 14.2 Å². The molecule has 0 radical (unpaired) electrons. The van der Waals surface area contributed by atoms with Gasteiger partial charge in [-0.15, -0.1) is 0 Å². The van der Waals surface area contributed by atoms with Crippen LogP contribution in [0.2, 0.25) is 0 Å². The van der Waals surface area contributed by atoms with Crippen molar-refractivity contribution in [2.24, 2.45) is 5.92 Å². The lowest BCUT2D eigenvalue weighted by molar-refractivity contribution is -0.327. The van der Waals surface area contributed by atoms with Crippen molar-refractivity contribution in [2.45, 2.75) is 81.9 Å². The summed E-state index contributed by atoms with van der Waals surface area (Å²) < 4.78 is 16.5. The summed E-state index contributed by atoms with van der Waals surface area (Å²) in [5, 5.41) is 65.3. The Morgan fingerprint density at radius 3 is 2.13 bits per heavy atom. The van der Waals surface area contributed by atoms with E-state index in [1.807, 2.05) is 13.8 Å². The molecule has 0 aromatic heterocycles. The Bertz CT molecular complexity index is 553. The minimum Gasteiger partial charge on any atom is -0.394 e. The average molecular weight is 438 g/mol. The van der Waals surface area contributed by atoms with E-state index in [0.29, 0.717) is 6.54 Å². The Kier molecular flexibility index (Phi) is 9.21. The fourth-order valence-electron chi connectivity index (χ4n) is 3.49. The van der Waals surface area contributed by atoms with E-state index >= 15 is 0 Å². The number of hydrogen-bond acceptors (Lipinski definition) is 10. The average Bonchev–Trinajstić information content (AvgIpc) is 2.70. The van der Waals surface area contributed by atoms with Gasteiger partial charge in [-0.1, -0.05) is 13.8 Å². The molecule has 8 N–H and O–H groups in total. The molecule has 0 aromatic rings. The standard InChI is InChI=1S/C18H34N2O10/c1-7(2)4-19-18(27)20-11-12(23)9(5-21)29-17(14(11)25)30-16-8(3)28-10(6-22)13(24)15(16)26/h7-17,21-26H,4-6H2,1-3H3,(H2,19,20,27)/t8?,9-,10+,11+,12-,13-,14+,15+,16-,17-/m1/s1. The van der Waals surface area contributed by atoms with Crippen molar-refractivity contribution in [3.63, 3.8) is 0 Å². The molecule has 30 heavy (non-hydrogen) atoms. The molecule has 0 spiro atoms. The van der Waals surface area contributed by atoms with Crippen LogP contribution in [0.4, 0.5) is 4.79 Å². The normalized spacial score (nSPS) is 42.2. The molecular formula is C18H34N2O10. The van der Waals surface area contributed by atoms with Gasteiger partial charge in [0, 0.05) is 6.54 Å². The number of aliphatic hydroxyl groups excluding tert-OH is 6. The van der Waals surface area contributed by atoms with E-state index in [-0.39, 0.29) is 5.92 Å². The maximum absolute atomic E-state index is 12.1. The molecular weight excluding hydrogens is 404 g/mol. The fourth-order valence-corrected chi connectivity index (χ4v) is 3.49. The third-order valence-corrected chi connectivity index (χ3v) is 5.24. The van der Waals surface area contributed by atoms with E-state index in [0.717, 1.165) is 0 Å². The van der Waals surface area contributed by atoms with Gasteiger partial charge in [0.2, 0.25) is 0 Å². The highest BCUT2D eigenvalue weighted by molar-refractivity contribution is 5.74. The van der Waals surface area contributed by atoms with Gasteiger partial charge in [-0.2, -0.15) is 0 Å². The minimum atomic E-state index is -1.56. The van der Waals surface area contributed by atoms with Gasteiger partial charge in [-0.05, 0) is 12.8 Å². The van der Waals surface area contributed by atoms with Crippen LogP contribution in [-0.2, 0) is 14.2 Å². The van der Waals surface area contributed by atoms with E-state index in [1.54, 1.807) is 6.92 Å². The third-order valence-electron chi connectivity index (χ3n) is 5.24. The molecule has 2 aliphatic heterocycles. The Morgan fingerprint density at radius 1 is 0.967 bits per heavy atom. The van der Waals surface area contributed by atoms with Gasteiger partial charge in [-0.25, -0.2) is 4.79 Å². The summed E-state index contributed by atoms with van der Waals surface area (Å²) in [5.74, 6) is 0.185. The van der Waals surface area contributed by atoms with E-state index < -0.39 is 80.4 Å². The van der Waals surface area contributed by atoms with Crippen molar-refractivity contribution >= 4 is 6.03 Å². The second kappa shape index (κ2) is 11.0. The lowest BCUT2D eigenvalue weighted by Gasteiger charge is -2.46. The molecule has 2 heterocycles. The van der Waals surface area contributed by atoms with E-state index in [2.05, 4.69) is 10.6 Å². The Hall–Kier alpha value is -1.09. The van der Waals surface area contributed by atoms with Crippen molar-refractivity contribution in [2.75, 3.05) is 19.8 Å². The summed E-state index contributed by atoms with van der Waals surface area (Å²) in [4.78, 5) is 12.1. The predicted octanol–water partition coefficient (Wildman–Crippen LogP) is -3.36. The Labute approximate surface area is 174 Å². The minimum absolute atomic E-state index is 0.185. The summed E-state index contributed by atoms with van der Waals surface area (Å²) in [6.45, 7) is 4.60. The van der Waals surface area contributed by atoms with Gasteiger partial charge in [0.25, 0.3) is 0 Å². The number of urea groups is 1. The second-order valence-corrected chi connectivity index (χ2v) is 8.12. The van der Waals surface area contributed by atoms with Gasteiger partial charge >= 0.3 is 6.03 Å². The summed E-state index contributed by atoms with van der Waals surface area (Å²) in [7, 11) is 0. The summed E-state index contributed by atoms with van der Waals surface area (Å²) in [6, 6.07) is -1.86. The summed E-state index contributed by atoms with van der Waals surface area (Å²) >= 11 is 0. The number of amides is 2. The van der Waals surface area contributed by atoms with Gasteiger partial charge in [-0.3, -0.25) is 0 Å². The molecule has 0 aromatic carbocycles. The van der Waals surface area contributed by atoms with Gasteiger partial charge in [0.15, 0.2) is 6.29 Å². The van der Waals surface area contributed by atoms with Crippen molar-refractivity contribution < 1.29 is 49.6 Å². The van der Waals surface area contributed by atoms with Crippen LogP contribution in [0, 0.1) is 5.92 Å². The van der Waals surface area contributed by atoms with Crippen LogP contribution in [0.15, 0.2) is 0 Å². The zero-order valence-electron chi connectivity index (χ0n) is 17.3. The molecule has 1 unspecified atom stereocenters. The number of nitrogens with one attached hydrogen (secondary N) is 2. The lowest BCUT2D eigenvalue weighted by atomic mass is 9.94. The molecule has 2 saturated heterocycles. The molecule has 2 rings (SSSR count). The molecule has 2 fully saturated rings. The molecule has 0 aliphatic carbocycles. The highest BCUT2D eigenvalue weighted by Crippen LogP contribution is 2.29. The molecule has 12 heteroatoms. The topological polar surface area (TPSA) is 190 Å². The first-order valence-electron chi connectivity index (χ1n) is 10.0. The SMILES string of the molecule is CC(C)CNC(=O)N[C@@H]1[C@H](O)[C@@H](O[C@@H]2C(C)O[C@@H](CO)[C@@H](O)[C@@H]2O)O[C@H](CO)[C@H]1O. The second-order valence-electron chi connectivity index (χ2n) is 8.12. The number of carbonyl (C=O) groups is 1. The van der Waals surface area contributed by atoms with Gasteiger partial charge in [0.05, 0.1) is 25.4 Å². The van der Waals surface area contributed by atoms with Crippen molar-refractivity contribution in [3.8, 4) is 0 Å². The first-order chi connectivity index (χ1) is 14.1. The van der Waals surface area contributed by atoms with Crippen LogP contribution in [0.1, 0.15) is 20.8 Å². The molecule has 10 atom stereocenters. The number of hydrogen-bond donors (Lipinski definition) is 8. The van der Waals surface area contributed by atoms with E-state index in [9.17, 15) is 35.4 Å². The smallest absolute Gasteiger partial charge is 0.315 e. The first-order valence-corrected chi connectivity index (χ1v) is 10.0. The molecule has 12 nitrogen and oxygen atoms in total. The molecule has 0 saturated carbocycles. The molecule has 0 bridgehead atoms. The summed E-state index contributed by atoms with van der Waals surface area (Å²) in [5.41, 5.74) is 0. The Morgan fingerprint density at radius 2 is 1.57 bits per heavy atom. The highest BCUT2D eigenvalue weighted by atomic mass is 16.7. The van der Waals surface area contributed by atoms with Crippen LogP contribution >= 0.6 is 0 Å². The number of ether oxygens (including phenoxy) is 3. The number of rotatable bonds is 7. The quantitative estimate of drug-likeness (QED) is 0.199. The van der Waals surface area contributed by atoms with Gasteiger partial charge < -0.3 is 55.5 Å². The van der Waals surface area contributed by atoms with Crippen LogP contribution < -0.4 is 10.6 Å². The summed E-state index contributed by atoms with van der Waals surface area (Å²) in [6.07, 6.45) is -11.4. The van der Waals surface area contributed by atoms with Crippen LogP contribution in [0.25, 0.3) is 0 Å². The highest BCUT2D eigenvalue weighted by Gasteiger charge is 2.50. The van der Waals surface area contributed by atoms with Crippen molar-refractivity contribution in [3.05, 3.63) is 0 Å². The number of aliphatic hydroxyl groups is 6. The largest absolute Gasteiger partial charge is 0.394 e. The lowest BCUT2D eigenvalue weighted by Crippen LogP contribution is -2.67. The maximum atomic E-state index is 12.1. The molecule has 176 valence electrons. The fraction of sp³-hybridized carbons (Fsp3) is 0.944. The third kappa shape index (κ3) is 5.78. The number of carbonyl (C=O) groups excluding carboxylic acids is 1. The van der Waals surface area contributed by atoms with Crippen LogP contribution in [0.3, 0.4) is 0 Å². The van der Waals surface area contributed by atoms with Crippen LogP contribution in [0.5, 0.6) is 0 Å². The Balaban J connectivity index is 2.10. The molecule has 2 amide bonds. The zero-order valence-corrected chi connectivity index (χ0v) is 17.3. The monoisotopic (exact) mass is 438 g/mol. The van der Waals surface area contributed by atoms with E-state index in [1.165, 1.54) is 0 Å². The zero-order chi connectivity index (χ0) is 22.6. The first kappa shape index (κ1) is 25.2. The van der Waals surface area contributed by atoms with Crippen LogP contribution in [-0.4, -0.2) is 118 Å². The van der Waals surface area contributed by atoms with Gasteiger partial charge in [0.1, 0.15) is 42.7 Å². The predicted molar refractivity (Wildman–Crippen MR) is 101 cm³/mol.